The number of hydrogen-bond donors (Lipinski definition) is 1. The van der Waals surface area contributed by atoms with Gasteiger partial charge in [0.15, 0.2) is 12.2 Å². The highest BCUT2D eigenvalue weighted by Gasteiger charge is 2.52. The van der Waals surface area contributed by atoms with Gasteiger partial charge in [-0.3, -0.25) is 9.59 Å². The van der Waals surface area contributed by atoms with Gasteiger partial charge in [-0.1, -0.05) is 54.6 Å². The molecule has 1 unspecified atom stereocenters. The fraction of sp³-hybridized carbons (Fsp3) is 0.130. The predicted octanol–water partition coefficient (Wildman–Crippen LogP) is 3.77. The van der Waals surface area contributed by atoms with E-state index in [0.29, 0.717) is 12.2 Å². The maximum absolute atomic E-state index is 13.3. The molecule has 2 amide bonds. The van der Waals surface area contributed by atoms with Crippen molar-refractivity contribution >= 4 is 23.2 Å². The van der Waals surface area contributed by atoms with Gasteiger partial charge in [-0.2, -0.15) is 0 Å². The Morgan fingerprint density at radius 1 is 0.897 bits per heavy atom. The van der Waals surface area contributed by atoms with Gasteiger partial charge >= 0.3 is 0 Å². The number of amides is 2. The van der Waals surface area contributed by atoms with Gasteiger partial charge in [-0.15, -0.1) is 0 Å². The Hall–Kier alpha value is -3.51. The molecule has 1 aliphatic heterocycles. The van der Waals surface area contributed by atoms with E-state index in [4.69, 9.17) is 4.74 Å². The summed E-state index contributed by atoms with van der Waals surface area (Å²) in [6.07, 6.45) is -1.76. The molecular formula is C23H19FN2O3. The lowest BCUT2D eigenvalue weighted by atomic mass is 10.1. The number of ether oxygens (including phenoxy) is 1. The molecular weight excluding hydrogens is 371 g/mol. The first-order valence-electron chi connectivity index (χ1n) is 9.24. The zero-order valence-corrected chi connectivity index (χ0v) is 15.5. The highest BCUT2D eigenvalue weighted by molar-refractivity contribution is 6.06. The molecule has 1 aliphatic rings. The Bertz CT molecular complexity index is 1010. The average Bonchev–Trinajstić information content (AvgIpc) is 3.54. The van der Waals surface area contributed by atoms with Crippen molar-refractivity contribution in [2.45, 2.75) is 18.8 Å². The van der Waals surface area contributed by atoms with Crippen molar-refractivity contribution in [1.82, 2.24) is 0 Å². The summed E-state index contributed by atoms with van der Waals surface area (Å²) in [4.78, 5) is 27.1. The van der Waals surface area contributed by atoms with Gasteiger partial charge in [0.1, 0.15) is 5.82 Å². The molecule has 1 saturated heterocycles. The molecule has 0 radical (unpaired) electrons. The van der Waals surface area contributed by atoms with Crippen molar-refractivity contribution in [3.8, 4) is 0 Å². The topological polar surface area (TPSA) is 61.9 Å². The summed E-state index contributed by atoms with van der Waals surface area (Å²) in [6.45, 7) is 0.363. The molecule has 0 bridgehead atoms. The van der Waals surface area contributed by atoms with Crippen LogP contribution in [0.5, 0.6) is 0 Å². The van der Waals surface area contributed by atoms with E-state index in [9.17, 15) is 14.0 Å². The van der Waals surface area contributed by atoms with Crippen LogP contribution in [0, 0.1) is 5.82 Å². The summed E-state index contributed by atoms with van der Waals surface area (Å²) in [5.41, 5.74) is 2.01. The molecule has 1 fully saturated rings. The number of hydrogen-bond acceptors (Lipinski definition) is 3. The fourth-order valence-corrected chi connectivity index (χ4v) is 3.10. The minimum Gasteiger partial charge on any atom is -0.349 e. The Morgan fingerprint density at radius 3 is 2.28 bits per heavy atom. The van der Waals surface area contributed by atoms with Crippen LogP contribution in [-0.2, 0) is 20.9 Å². The zero-order chi connectivity index (χ0) is 20.2. The van der Waals surface area contributed by atoms with Gasteiger partial charge in [-0.05, 0) is 35.9 Å². The number of carbonyl (C=O) groups is 2. The molecule has 29 heavy (non-hydrogen) atoms. The number of benzene rings is 3. The number of nitrogens with one attached hydrogen (secondary N) is 1. The fourth-order valence-electron chi connectivity index (χ4n) is 3.10. The number of para-hydroxylation sites is 1. The number of nitrogens with zero attached hydrogens (tertiary/aromatic N) is 1. The third kappa shape index (κ3) is 4.50. The second kappa shape index (κ2) is 8.24. The summed E-state index contributed by atoms with van der Waals surface area (Å²) in [6, 6.07) is 24.4. The number of rotatable bonds is 6. The van der Waals surface area contributed by atoms with Gasteiger partial charge in [0.05, 0.1) is 6.54 Å². The Labute approximate surface area is 167 Å². The molecule has 3 aromatic rings. The first-order valence-corrected chi connectivity index (χ1v) is 9.24. The van der Waals surface area contributed by atoms with Crippen LogP contribution in [0.1, 0.15) is 5.56 Å². The van der Waals surface area contributed by atoms with Crippen molar-refractivity contribution < 1.29 is 18.7 Å². The number of anilines is 2. The Balaban J connectivity index is 1.47. The van der Waals surface area contributed by atoms with Crippen LogP contribution in [0.2, 0.25) is 0 Å². The molecule has 6 heteroatoms. The van der Waals surface area contributed by atoms with Crippen LogP contribution >= 0.6 is 0 Å². The smallest absolute Gasteiger partial charge is 0.259 e. The van der Waals surface area contributed by atoms with Crippen LogP contribution in [-0.4, -0.2) is 24.0 Å². The van der Waals surface area contributed by atoms with Crippen LogP contribution in [0.25, 0.3) is 0 Å². The maximum Gasteiger partial charge on any atom is 0.259 e. The van der Waals surface area contributed by atoms with E-state index in [1.807, 2.05) is 60.7 Å². The standard InChI is InChI=1S/C23H19FN2O3/c24-17-10-7-11-18(14-17)25-22(27)20-21(29-20)23(28)26(19-12-5-2-6-13-19)15-16-8-3-1-4-9-16/h1-14,20-21H,15H2,(H,25,27)/t20-,21?/m0/s1. The van der Waals surface area contributed by atoms with Crippen LogP contribution in [0.15, 0.2) is 84.9 Å². The summed E-state index contributed by atoms with van der Waals surface area (Å²) < 4.78 is 18.7. The van der Waals surface area contributed by atoms with E-state index in [1.165, 1.54) is 18.2 Å². The summed E-state index contributed by atoms with van der Waals surface area (Å²) in [5.74, 6) is -1.22. The largest absolute Gasteiger partial charge is 0.349 e. The highest BCUT2D eigenvalue weighted by atomic mass is 19.1. The second-order valence-corrected chi connectivity index (χ2v) is 6.72. The molecule has 1 N–H and O–H groups in total. The Morgan fingerprint density at radius 2 is 1.59 bits per heavy atom. The molecule has 3 aromatic carbocycles. The van der Waals surface area contributed by atoms with Crippen molar-refractivity contribution in [3.63, 3.8) is 0 Å². The third-order valence-electron chi connectivity index (χ3n) is 4.60. The monoisotopic (exact) mass is 390 g/mol. The van der Waals surface area contributed by atoms with E-state index < -0.39 is 23.9 Å². The second-order valence-electron chi connectivity index (χ2n) is 6.72. The molecule has 4 rings (SSSR count). The van der Waals surface area contributed by atoms with Gasteiger partial charge in [-0.25, -0.2) is 4.39 Å². The lowest BCUT2D eigenvalue weighted by Crippen LogP contribution is -2.36. The lowest BCUT2D eigenvalue weighted by molar-refractivity contribution is -0.120. The van der Waals surface area contributed by atoms with Gasteiger partial charge < -0.3 is 15.0 Å². The molecule has 1 heterocycles. The van der Waals surface area contributed by atoms with Gasteiger partial charge in [0, 0.05) is 11.4 Å². The molecule has 5 nitrogen and oxygen atoms in total. The van der Waals surface area contributed by atoms with E-state index in [0.717, 1.165) is 11.3 Å². The number of halogens is 1. The maximum atomic E-state index is 13.3. The van der Waals surface area contributed by atoms with Crippen molar-refractivity contribution in [2.24, 2.45) is 0 Å². The molecule has 0 spiro atoms. The lowest BCUT2D eigenvalue weighted by Gasteiger charge is -2.22. The molecule has 2 atom stereocenters. The minimum atomic E-state index is -0.896. The minimum absolute atomic E-state index is 0.292. The van der Waals surface area contributed by atoms with Crippen LogP contribution in [0.3, 0.4) is 0 Å². The first kappa shape index (κ1) is 18.8. The molecule has 0 aromatic heterocycles. The molecule has 0 saturated carbocycles. The molecule has 0 aliphatic carbocycles. The predicted molar refractivity (Wildman–Crippen MR) is 108 cm³/mol. The van der Waals surface area contributed by atoms with Crippen molar-refractivity contribution in [3.05, 3.63) is 96.3 Å². The summed E-state index contributed by atoms with van der Waals surface area (Å²) in [5, 5.41) is 2.58. The van der Waals surface area contributed by atoms with E-state index in [1.54, 1.807) is 11.0 Å². The van der Waals surface area contributed by atoms with E-state index in [-0.39, 0.29) is 5.91 Å². The highest BCUT2D eigenvalue weighted by Crippen LogP contribution is 2.29. The SMILES string of the molecule is O=C(Nc1cccc(F)c1)[C@H]1OC1C(=O)N(Cc1ccccc1)c1ccccc1. The molecule has 146 valence electrons. The normalized spacial score (nSPS) is 17.4. The average molecular weight is 390 g/mol. The van der Waals surface area contributed by atoms with E-state index in [2.05, 4.69) is 5.32 Å². The summed E-state index contributed by atoms with van der Waals surface area (Å²) >= 11 is 0. The van der Waals surface area contributed by atoms with Crippen LogP contribution < -0.4 is 10.2 Å². The van der Waals surface area contributed by atoms with Gasteiger partial charge in [0.2, 0.25) is 0 Å². The Kier molecular flexibility index (Phi) is 5.35. The van der Waals surface area contributed by atoms with Gasteiger partial charge in [0.25, 0.3) is 11.8 Å². The summed E-state index contributed by atoms with van der Waals surface area (Å²) in [7, 11) is 0. The van der Waals surface area contributed by atoms with Crippen molar-refractivity contribution in [2.75, 3.05) is 10.2 Å². The third-order valence-corrected chi connectivity index (χ3v) is 4.60. The number of carbonyl (C=O) groups excluding carboxylic acids is 2. The van der Waals surface area contributed by atoms with Crippen LogP contribution in [0.4, 0.5) is 15.8 Å². The first-order chi connectivity index (χ1) is 14.1. The van der Waals surface area contributed by atoms with Crippen molar-refractivity contribution in [1.29, 1.82) is 0 Å². The zero-order valence-electron chi connectivity index (χ0n) is 15.5. The number of epoxide rings is 1. The van der Waals surface area contributed by atoms with E-state index >= 15 is 0 Å². The quantitative estimate of drug-likeness (QED) is 0.652.